The fourth-order valence-corrected chi connectivity index (χ4v) is 3.48. The molecule has 1 heterocycles. The third kappa shape index (κ3) is 4.93. The Bertz CT molecular complexity index is 502. The average molecular weight is 358 g/mol. The van der Waals surface area contributed by atoms with Crippen LogP contribution in [0.1, 0.15) is 12.0 Å². The fourth-order valence-electron chi connectivity index (χ4n) is 2.60. The number of benzene rings is 1. The quantitative estimate of drug-likeness (QED) is 0.641. The van der Waals surface area contributed by atoms with E-state index in [1.807, 2.05) is 17.8 Å². The highest BCUT2D eigenvalue weighted by Gasteiger charge is 2.20. The molecule has 122 valence electrons. The molecule has 6 heteroatoms. The number of piperazine rings is 1. The number of thioether (sulfide) groups is 1. The van der Waals surface area contributed by atoms with Crippen molar-refractivity contribution in [3.05, 3.63) is 28.8 Å². The minimum atomic E-state index is 0.800. The Kier molecular flexibility index (Phi) is 7.12. The first-order valence-corrected chi connectivity index (χ1v) is 9.82. The minimum absolute atomic E-state index is 0.800. The molecule has 3 nitrogen and oxygen atoms in total. The summed E-state index contributed by atoms with van der Waals surface area (Å²) in [5.41, 5.74) is 2.52. The number of rotatable bonds is 5. The van der Waals surface area contributed by atoms with Crippen molar-refractivity contribution in [3.8, 4) is 0 Å². The van der Waals surface area contributed by atoms with Gasteiger partial charge in [0.1, 0.15) is 0 Å². The average Bonchev–Trinajstić information content (AvgIpc) is 2.54. The summed E-state index contributed by atoms with van der Waals surface area (Å²) >= 11 is 13.5. The zero-order chi connectivity index (χ0) is 15.9. The van der Waals surface area contributed by atoms with Gasteiger partial charge in [-0.2, -0.15) is 11.8 Å². The van der Waals surface area contributed by atoms with Crippen LogP contribution in [0.5, 0.6) is 0 Å². The van der Waals surface area contributed by atoms with Gasteiger partial charge in [-0.25, -0.2) is 0 Å². The number of halogens is 1. The Balaban J connectivity index is 1.82. The van der Waals surface area contributed by atoms with Gasteiger partial charge in [0.15, 0.2) is 5.11 Å². The van der Waals surface area contributed by atoms with Gasteiger partial charge in [0.2, 0.25) is 0 Å². The maximum absolute atomic E-state index is 6.13. The van der Waals surface area contributed by atoms with Crippen LogP contribution in [-0.2, 0) is 0 Å². The van der Waals surface area contributed by atoms with E-state index in [0.29, 0.717) is 0 Å². The van der Waals surface area contributed by atoms with Crippen LogP contribution in [-0.4, -0.2) is 54.7 Å². The Hall–Kier alpha value is -0.650. The molecule has 0 amide bonds. The number of hydrogen-bond donors (Lipinski definition) is 1. The number of nitrogens with one attached hydrogen (secondary N) is 1. The van der Waals surface area contributed by atoms with Crippen molar-refractivity contribution >= 4 is 46.4 Å². The molecule has 22 heavy (non-hydrogen) atoms. The molecule has 1 fully saturated rings. The second-order valence-electron chi connectivity index (χ2n) is 5.48. The molecule has 0 atom stereocenters. The van der Waals surface area contributed by atoms with Gasteiger partial charge in [0.05, 0.1) is 0 Å². The topological polar surface area (TPSA) is 18.5 Å². The van der Waals surface area contributed by atoms with E-state index in [1.54, 1.807) is 0 Å². The van der Waals surface area contributed by atoms with Gasteiger partial charge in [-0.15, -0.1) is 0 Å². The summed E-state index contributed by atoms with van der Waals surface area (Å²) in [6, 6.07) is 6.10. The molecule has 0 aromatic heterocycles. The van der Waals surface area contributed by atoms with Crippen LogP contribution in [0, 0.1) is 6.92 Å². The number of thiocarbonyl (C=S) groups is 1. The molecular formula is C16H24ClN3S2. The molecule has 1 aromatic carbocycles. The van der Waals surface area contributed by atoms with Crippen LogP contribution in [0.4, 0.5) is 5.69 Å². The van der Waals surface area contributed by atoms with Gasteiger partial charge in [-0.1, -0.05) is 17.7 Å². The molecule has 0 radical (unpaired) electrons. The lowest BCUT2D eigenvalue weighted by Crippen LogP contribution is -2.52. The normalized spacial score (nSPS) is 15.0. The van der Waals surface area contributed by atoms with Gasteiger partial charge in [0, 0.05) is 43.4 Å². The van der Waals surface area contributed by atoms with Crippen molar-refractivity contribution in [3.63, 3.8) is 0 Å². The molecule has 1 N–H and O–H groups in total. The maximum atomic E-state index is 6.13. The standard InChI is InChI=1S/C16H24ClN3S2/c1-13-4-5-14(17)12-15(13)19-7-9-20(10-8-19)16(21)18-6-3-11-22-2/h4-5,12H,3,6-11H2,1-2H3,(H,18,21). The maximum Gasteiger partial charge on any atom is 0.169 e. The first-order chi connectivity index (χ1) is 10.6. The van der Waals surface area contributed by atoms with Gasteiger partial charge < -0.3 is 15.1 Å². The van der Waals surface area contributed by atoms with E-state index in [0.717, 1.165) is 49.3 Å². The van der Waals surface area contributed by atoms with E-state index in [2.05, 4.69) is 40.4 Å². The van der Waals surface area contributed by atoms with E-state index < -0.39 is 0 Å². The molecule has 1 aliphatic rings. The van der Waals surface area contributed by atoms with Gasteiger partial charge >= 0.3 is 0 Å². The molecule has 0 saturated carbocycles. The van der Waals surface area contributed by atoms with E-state index in [9.17, 15) is 0 Å². The summed E-state index contributed by atoms with van der Waals surface area (Å²) < 4.78 is 0. The van der Waals surface area contributed by atoms with Crippen molar-refractivity contribution in [2.45, 2.75) is 13.3 Å². The van der Waals surface area contributed by atoms with Gasteiger partial charge in [-0.3, -0.25) is 0 Å². The Morgan fingerprint density at radius 3 is 2.73 bits per heavy atom. The van der Waals surface area contributed by atoms with E-state index in [4.69, 9.17) is 23.8 Å². The van der Waals surface area contributed by atoms with Crippen molar-refractivity contribution < 1.29 is 0 Å². The van der Waals surface area contributed by atoms with Crippen LogP contribution >= 0.6 is 35.6 Å². The smallest absolute Gasteiger partial charge is 0.169 e. The largest absolute Gasteiger partial charge is 0.368 e. The van der Waals surface area contributed by atoms with Crippen LogP contribution < -0.4 is 10.2 Å². The van der Waals surface area contributed by atoms with Crippen LogP contribution in [0.2, 0.25) is 5.02 Å². The SMILES string of the molecule is CSCCCNC(=S)N1CCN(c2cc(Cl)ccc2C)CC1. The third-order valence-corrected chi connectivity index (χ3v) is 5.21. The Morgan fingerprint density at radius 2 is 2.05 bits per heavy atom. The Labute approximate surface area is 148 Å². The Morgan fingerprint density at radius 1 is 1.32 bits per heavy atom. The van der Waals surface area contributed by atoms with Crippen molar-refractivity contribution in [2.24, 2.45) is 0 Å². The zero-order valence-corrected chi connectivity index (χ0v) is 15.7. The number of aryl methyl sites for hydroxylation is 1. The second kappa shape index (κ2) is 8.85. The molecule has 0 spiro atoms. The summed E-state index contributed by atoms with van der Waals surface area (Å²) in [7, 11) is 0. The highest BCUT2D eigenvalue weighted by Crippen LogP contribution is 2.25. The van der Waals surface area contributed by atoms with Crippen LogP contribution in [0.3, 0.4) is 0 Å². The lowest BCUT2D eigenvalue weighted by Gasteiger charge is -2.38. The monoisotopic (exact) mass is 357 g/mol. The van der Waals surface area contributed by atoms with Crippen molar-refractivity contribution in [1.82, 2.24) is 10.2 Å². The van der Waals surface area contributed by atoms with E-state index >= 15 is 0 Å². The predicted molar refractivity (Wildman–Crippen MR) is 104 cm³/mol. The molecule has 0 bridgehead atoms. The lowest BCUT2D eigenvalue weighted by atomic mass is 10.1. The van der Waals surface area contributed by atoms with E-state index in [1.165, 1.54) is 17.0 Å². The second-order valence-corrected chi connectivity index (χ2v) is 7.29. The molecule has 1 saturated heterocycles. The summed E-state index contributed by atoms with van der Waals surface area (Å²) in [5.74, 6) is 1.18. The third-order valence-electron chi connectivity index (χ3n) is 3.88. The molecule has 2 rings (SSSR count). The minimum Gasteiger partial charge on any atom is -0.368 e. The highest BCUT2D eigenvalue weighted by atomic mass is 35.5. The molecular weight excluding hydrogens is 334 g/mol. The van der Waals surface area contributed by atoms with Gasteiger partial charge in [-0.05, 0) is 55.3 Å². The number of anilines is 1. The lowest BCUT2D eigenvalue weighted by molar-refractivity contribution is 0.380. The number of nitrogens with zero attached hydrogens (tertiary/aromatic N) is 2. The predicted octanol–water partition coefficient (Wildman–Crippen LogP) is 3.40. The van der Waals surface area contributed by atoms with Crippen molar-refractivity contribution in [1.29, 1.82) is 0 Å². The van der Waals surface area contributed by atoms with Crippen LogP contribution in [0.15, 0.2) is 18.2 Å². The van der Waals surface area contributed by atoms with E-state index in [-0.39, 0.29) is 0 Å². The highest BCUT2D eigenvalue weighted by molar-refractivity contribution is 7.98. The molecule has 0 aliphatic carbocycles. The zero-order valence-electron chi connectivity index (χ0n) is 13.3. The first kappa shape index (κ1) is 17.7. The van der Waals surface area contributed by atoms with Crippen LogP contribution in [0.25, 0.3) is 0 Å². The summed E-state index contributed by atoms with van der Waals surface area (Å²) in [4.78, 5) is 4.67. The molecule has 1 aromatic rings. The van der Waals surface area contributed by atoms with Gasteiger partial charge in [0.25, 0.3) is 0 Å². The molecule has 0 unspecified atom stereocenters. The summed E-state index contributed by atoms with van der Waals surface area (Å²) in [5, 5.41) is 5.06. The number of hydrogen-bond acceptors (Lipinski definition) is 3. The summed E-state index contributed by atoms with van der Waals surface area (Å²) in [6.45, 7) is 6.98. The first-order valence-electron chi connectivity index (χ1n) is 7.64. The molecule has 1 aliphatic heterocycles. The summed E-state index contributed by atoms with van der Waals surface area (Å²) in [6.07, 6.45) is 3.29. The van der Waals surface area contributed by atoms with Crippen molar-refractivity contribution in [2.75, 3.05) is 49.6 Å². The fraction of sp³-hybridized carbons (Fsp3) is 0.562.